The van der Waals surface area contributed by atoms with Gasteiger partial charge >= 0.3 is 0 Å². The van der Waals surface area contributed by atoms with E-state index in [0.29, 0.717) is 5.56 Å². The second-order valence-corrected chi connectivity index (χ2v) is 11.7. The molecule has 1 heteroatoms. The minimum atomic E-state index is -0.532. The number of hydrogen-bond donors (Lipinski definition) is 0. The van der Waals surface area contributed by atoms with Crippen LogP contribution in [0, 0.1) is 0 Å². The van der Waals surface area contributed by atoms with Gasteiger partial charge in [0.05, 0.1) is 12.3 Å². The first kappa shape index (κ1) is 18.7. The average Bonchev–Trinajstić information content (AvgIpc) is 3.63. The Bertz CT molecular complexity index is 3300. The molecular weight excluding hydrogens is 569 g/mol. The molecule has 0 aliphatic heterocycles. The highest BCUT2D eigenvalue weighted by Gasteiger charge is 2.21. The standard InChI is InChI=1S/C46H28O/c1-2-13-29(14-3-1)40-27-33(25-32-17-6-7-18-34(32)40)44-35-19-8-10-21-37(35)45(38-22-11-9-20-36(38)44)39-23-12-24-42-46(39)41-26-30-15-4-5-16-31(30)28-43(41)47-42/h1-28H/i4D,5D,12D,15D,16D,23D,24D,26D,28D. The Labute approximate surface area is 284 Å². The van der Waals surface area contributed by atoms with E-state index in [4.69, 9.17) is 14.0 Å². The molecule has 0 spiro atoms. The molecule has 0 fully saturated rings. The number of benzene rings is 9. The van der Waals surface area contributed by atoms with Crippen LogP contribution in [0.3, 0.4) is 0 Å². The number of rotatable bonds is 3. The molecule has 0 saturated heterocycles. The van der Waals surface area contributed by atoms with Gasteiger partial charge in [-0.2, -0.15) is 0 Å². The third-order valence-corrected chi connectivity index (χ3v) is 9.11. The van der Waals surface area contributed by atoms with Crippen molar-refractivity contribution in [3.63, 3.8) is 0 Å². The Morgan fingerprint density at radius 1 is 0.404 bits per heavy atom. The first-order chi connectivity index (χ1) is 27.1. The van der Waals surface area contributed by atoms with Crippen molar-refractivity contribution in [2.24, 2.45) is 0 Å². The van der Waals surface area contributed by atoms with Gasteiger partial charge in [-0.1, -0.05) is 139 Å². The molecule has 0 aliphatic rings. The molecule has 1 nitrogen and oxygen atoms in total. The van der Waals surface area contributed by atoms with Crippen LogP contribution in [0.4, 0.5) is 0 Å². The molecule has 0 radical (unpaired) electrons. The van der Waals surface area contributed by atoms with Crippen molar-refractivity contribution in [1.29, 1.82) is 0 Å². The van der Waals surface area contributed by atoms with Gasteiger partial charge in [-0.05, 0) is 107 Å². The molecule has 9 aromatic carbocycles. The van der Waals surface area contributed by atoms with E-state index in [1.165, 1.54) is 0 Å². The summed E-state index contributed by atoms with van der Waals surface area (Å²) in [4.78, 5) is 0. The molecule has 0 saturated carbocycles. The highest BCUT2D eigenvalue weighted by Crippen LogP contribution is 2.48. The van der Waals surface area contributed by atoms with Gasteiger partial charge in [-0.25, -0.2) is 0 Å². The van der Waals surface area contributed by atoms with E-state index in [1.807, 2.05) is 78.9 Å². The Kier molecular flexibility index (Phi) is 4.05. The molecule has 10 aromatic rings. The third-order valence-electron chi connectivity index (χ3n) is 9.11. The average molecular weight is 606 g/mol. The molecule has 1 heterocycles. The van der Waals surface area contributed by atoms with Crippen LogP contribution in [0.15, 0.2) is 174 Å². The zero-order chi connectivity index (χ0) is 38.7. The molecule has 0 aliphatic carbocycles. The topological polar surface area (TPSA) is 13.1 Å². The summed E-state index contributed by atoms with van der Waals surface area (Å²) in [7, 11) is 0. The fourth-order valence-corrected chi connectivity index (χ4v) is 7.12. The first-order valence-electron chi connectivity index (χ1n) is 20.0. The van der Waals surface area contributed by atoms with Gasteiger partial charge in [0.1, 0.15) is 11.2 Å². The Hall–Kier alpha value is -6.18. The van der Waals surface area contributed by atoms with Crippen LogP contribution >= 0.6 is 0 Å². The van der Waals surface area contributed by atoms with Crippen molar-refractivity contribution < 1.29 is 16.8 Å². The smallest absolute Gasteiger partial charge is 0.136 e. The summed E-state index contributed by atoms with van der Waals surface area (Å²) < 4.78 is 86.3. The summed E-state index contributed by atoms with van der Waals surface area (Å²) in [5, 5.41) is 5.40. The maximum atomic E-state index is 9.50. The highest BCUT2D eigenvalue weighted by atomic mass is 16.3. The second kappa shape index (κ2) is 10.2. The Balaban J connectivity index is 1.39. The van der Waals surface area contributed by atoms with Crippen molar-refractivity contribution in [2.75, 3.05) is 0 Å². The molecule has 0 N–H and O–H groups in total. The molecule has 0 amide bonds. The fourth-order valence-electron chi connectivity index (χ4n) is 7.12. The van der Waals surface area contributed by atoms with Crippen molar-refractivity contribution in [1.82, 2.24) is 0 Å². The van der Waals surface area contributed by atoms with E-state index in [-0.39, 0.29) is 62.4 Å². The van der Waals surface area contributed by atoms with Crippen molar-refractivity contribution in [3.05, 3.63) is 170 Å². The van der Waals surface area contributed by atoms with Gasteiger partial charge in [0.15, 0.2) is 0 Å². The summed E-state index contributed by atoms with van der Waals surface area (Å²) in [5.41, 5.74) is 4.73. The predicted molar refractivity (Wildman–Crippen MR) is 200 cm³/mol. The molecule has 218 valence electrons. The second-order valence-electron chi connectivity index (χ2n) is 11.7. The third kappa shape index (κ3) is 3.97. The van der Waals surface area contributed by atoms with Gasteiger partial charge in [-0.15, -0.1) is 0 Å². The maximum Gasteiger partial charge on any atom is 0.136 e. The van der Waals surface area contributed by atoms with Crippen LogP contribution in [-0.2, 0) is 0 Å². The molecule has 0 bridgehead atoms. The molecule has 0 unspecified atom stereocenters. The predicted octanol–water partition coefficient (Wildman–Crippen LogP) is 13.2. The first-order valence-corrected chi connectivity index (χ1v) is 15.5. The van der Waals surface area contributed by atoms with E-state index in [9.17, 15) is 2.74 Å². The molecule has 1 aromatic heterocycles. The van der Waals surface area contributed by atoms with Gasteiger partial charge in [0.2, 0.25) is 0 Å². The fraction of sp³-hybridized carbons (Fsp3) is 0. The SMILES string of the molecule is [2H]c1c([2H])c(-c2c3ccccc3c(-c3cc(-c4ccccc4)c4ccccc4c3)c3ccccc23)c2c(oc3c([2H])c4c([2H])c([2H])c([2H])c([2H])c4c([2H])c32)c1[2H]. The van der Waals surface area contributed by atoms with E-state index in [0.717, 1.165) is 54.6 Å². The number of hydrogen-bond acceptors (Lipinski definition) is 1. The van der Waals surface area contributed by atoms with Gasteiger partial charge < -0.3 is 4.42 Å². The Morgan fingerprint density at radius 2 is 1.02 bits per heavy atom. The van der Waals surface area contributed by atoms with Crippen LogP contribution in [-0.4, -0.2) is 0 Å². The van der Waals surface area contributed by atoms with E-state index in [2.05, 4.69) is 36.4 Å². The summed E-state index contributed by atoms with van der Waals surface area (Å²) in [6.07, 6.45) is 0. The highest BCUT2D eigenvalue weighted by molar-refractivity contribution is 6.26. The molecule has 47 heavy (non-hydrogen) atoms. The lowest BCUT2D eigenvalue weighted by atomic mass is 9.83. The minimum absolute atomic E-state index is 0.0544. The summed E-state index contributed by atoms with van der Waals surface area (Å²) in [6.45, 7) is 0. The summed E-state index contributed by atoms with van der Waals surface area (Å²) in [6, 6.07) is 35.1. The van der Waals surface area contributed by atoms with Crippen LogP contribution in [0.1, 0.15) is 12.3 Å². The lowest BCUT2D eigenvalue weighted by Gasteiger charge is -2.19. The zero-order valence-electron chi connectivity index (χ0n) is 33.9. The minimum Gasteiger partial charge on any atom is -0.456 e. The van der Waals surface area contributed by atoms with Crippen molar-refractivity contribution >= 4 is 65.0 Å². The van der Waals surface area contributed by atoms with Crippen LogP contribution < -0.4 is 0 Å². The monoisotopic (exact) mass is 605 g/mol. The summed E-state index contributed by atoms with van der Waals surface area (Å²) in [5.74, 6) is 0. The maximum absolute atomic E-state index is 9.50. The number of furan rings is 1. The van der Waals surface area contributed by atoms with Gasteiger partial charge in [-0.3, -0.25) is 0 Å². The normalized spacial score (nSPS) is 14.5. The van der Waals surface area contributed by atoms with E-state index >= 15 is 0 Å². The van der Waals surface area contributed by atoms with Crippen LogP contribution in [0.25, 0.3) is 98.4 Å². The van der Waals surface area contributed by atoms with Crippen molar-refractivity contribution in [2.45, 2.75) is 0 Å². The Morgan fingerprint density at radius 3 is 1.74 bits per heavy atom. The van der Waals surface area contributed by atoms with Crippen molar-refractivity contribution in [3.8, 4) is 33.4 Å². The lowest BCUT2D eigenvalue weighted by molar-refractivity contribution is 0.669. The lowest BCUT2D eigenvalue weighted by Crippen LogP contribution is -1.92. The van der Waals surface area contributed by atoms with Gasteiger partial charge in [0, 0.05) is 10.8 Å². The van der Waals surface area contributed by atoms with E-state index < -0.39 is 30.2 Å². The van der Waals surface area contributed by atoms with Gasteiger partial charge in [0.25, 0.3) is 0 Å². The summed E-state index contributed by atoms with van der Waals surface area (Å²) >= 11 is 0. The largest absolute Gasteiger partial charge is 0.456 e. The van der Waals surface area contributed by atoms with E-state index in [1.54, 1.807) is 0 Å². The molecule has 10 rings (SSSR count). The number of fused-ring (bicyclic) bond motifs is 7. The quantitative estimate of drug-likeness (QED) is 0.183. The van der Waals surface area contributed by atoms with Crippen LogP contribution in [0.2, 0.25) is 0 Å². The van der Waals surface area contributed by atoms with Crippen LogP contribution in [0.5, 0.6) is 0 Å². The molecule has 0 atom stereocenters. The zero-order valence-corrected chi connectivity index (χ0v) is 24.9. The molecular formula is C46H28O.